The van der Waals surface area contributed by atoms with E-state index in [9.17, 15) is 0 Å². The summed E-state index contributed by atoms with van der Waals surface area (Å²) in [6, 6.07) is 9.83. The van der Waals surface area contributed by atoms with Crippen molar-refractivity contribution in [3.05, 3.63) is 48.2 Å². The summed E-state index contributed by atoms with van der Waals surface area (Å²) in [7, 11) is 1.87. The van der Waals surface area contributed by atoms with Crippen LogP contribution in [0.4, 0.5) is 5.82 Å². The van der Waals surface area contributed by atoms with E-state index >= 15 is 0 Å². The van der Waals surface area contributed by atoms with E-state index in [0.717, 1.165) is 22.4 Å². The fraction of sp³-hybridized carbons (Fsp3) is 0.278. The number of aryl methyl sites for hydroxylation is 2. The molecule has 26 heavy (non-hydrogen) atoms. The summed E-state index contributed by atoms with van der Waals surface area (Å²) in [4.78, 5) is 13.4. The second-order valence-corrected chi connectivity index (χ2v) is 6.25. The molecule has 3 aromatic heterocycles. The molecule has 1 unspecified atom stereocenters. The molecule has 0 radical (unpaired) electrons. The molecule has 0 amide bonds. The number of benzene rings is 1. The van der Waals surface area contributed by atoms with Gasteiger partial charge in [-0.05, 0) is 13.8 Å². The van der Waals surface area contributed by atoms with Crippen molar-refractivity contribution < 1.29 is 4.52 Å². The van der Waals surface area contributed by atoms with Gasteiger partial charge in [0, 0.05) is 25.1 Å². The number of nitrogens with one attached hydrogen (secondary N) is 1. The zero-order valence-electron chi connectivity index (χ0n) is 14.8. The van der Waals surface area contributed by atoms with Crippen molar-refractivity contribution >= 4 is 16.9 Å². The van der Waals surface area contributed by atoms with Crippen LogP contribution in [0.2, 0.25) is 0 Å². The summed E-state index contributed by atoms with van der Waals surface area (Å²) in [6.07, 6.45) is 2.36. The average molecular weight is 349 g/mol. The number of aromatic nitrogens is 6. The lowest BCUT2D eigenvalue weighted by Crippen LogP contribution is -2.19. The van der Waals surface area contributed by atoms with Crippen molar-refractivity contribution in [2.45, 2.75) is 26.3 Å². The third-order valence-electron chi connectivity index (χ3n) is 4.07. The van der Waals surface area contributed by atoms with Gasteiger partial charge < -0.3 is 9.84 Å². The topological polar surface area (TPSA) is 94.5 Å². The van der Waals surface area contributed by atoms with Gasteiger partial charge in [0.25, 0.3) is 0 Å². The Morgan fingerprint density at radius 3 is 2.77 bits per heavy atom. The van der Waals surface area contributed by atoms with Crippen molar-refractivity contribution in [2.24, 2.45) is 7.05 Å². The van der Waals surface area contributed by atoms with E-state index in [2.05, 4.69) is 30.5 Å². The normalized spacial score (nSPS) is 12.4. The molecule has 3 heterocycles. The molecule has 1 N–H and O–H groups in total. The molecule has 132 valence electrons. The number of rotatable bonds is 5. The molecular weight excluding hydrogens is 330 g/mol. The second kappa shape index (κ2) is 6.55. The molecule has 8 nitrogen and oxygen atoms in total. The summed E-state index contributed by atoms with van der Waals surface area (Å²) in [5.41, 5.74) is 1.74. The SMILES string of the molecule is Cc1nc(NC(C)Cc2nc(-c3ccccc3)no2)c2cnn(C)c2n1. The molecule has 0 aliphatic heterocycles. The molecule has 0 saturated heterocycles. The average Bonchev–Trinajstić information content (AvgIpc) is 3.23. The third kappa shape index (κ3) is 3.13. The van der Waals surface area contributed by atoms with Gasteiger partial charge in [0.2, 0.25) is 11.7 Å². The lowest BCUT2D eigenvalue weighted by atomic mass is 10.2. The third-order valence-corrected chi connectivity index (χ3v) is 4.07. The Hall–Kier alpha value is -3.29. The van der Waals surface area contributed by atoms with E-state index < -0.39 is 0 Å². The molecule has 1 aromatic carbocycles. The van der Waals surface area contributed by atoms with Gasteiger partial charge in [0.1, 0.15) is 11.6 Å². The van der Waals surface area contributed by atoms with Gasteiger partial charge in [-0.15, -0.1) is 0 Å². The fourth-order valence-corrected chi connectivity index (χ4v) is 2.83. The van der Waals surface area contributed by atoms with Gasteiger partial charge in [-0.25, -0.2) is 9.97 Å². The first kappa shape index (κ1) is 16.2. The zero-order valence-corrected chi connectivity index (χ0v) is 14.8. The monoisotopic (exact) mass is 349 g/mol. The summed E-state index contributed by atoms with van der Waals surface area (Å²) < 4.78 is 7.13. The number of hydrogen-bond acceptors (Lipinski definition) is 7. The Morgan fingerprint density at radius 2 is 1.96 bits per heavy atom. The molecule has 0 aliphatic rings. The first-order chi connectivity index (χ1) is 12.6. The Morgan fingerprint density at radius 1 is 1.15 bits per heavy atom. The summed E-state index contributed by atoms with van der Waals surface area (Å²) in [6.45, 7) is 3.92. The first-order valence-corrected chi connectivity index (χ1v) is 8.41. The molecular formula is C18H19N7O. The predicted molar refractivity (Wildman–Crippen MR) is 97.6 cm³/mol. The quantitative estimate of drug-likeness (QED) is 0.592. The van der Waals surface area contributed by atoms with Crippen LogP contribution in [-0.4, -0.2) is 35.9 Å². The molecule has 0 bridgehead atoms. The van der Waals surface area contributed by atoms with E-state index in [1.54, 1.807) is 10.9 Å². The minimum atomic E-state index is 0.0526. The fourth-order valence-electron chi connectivity index (χ4n) is 2.83. The van der Waals surface area contributed by atoms with Gasteiger partial charge in [-0.1, -0.05) is 35.5 Å². The largest absolute Gasteiger partial charge is 0.366 e. The van der Waals surface area contributed by atoms with Gasteiger partial charge in [0.15, 0.2) is 5.65 Å². The standard InChI is InChI=1S/C18H19N7O/c1-11(9-15-23-16(24-26-15)13-7-5-4-6-8-13)20-17-14-10-19-25(3)18(14)22-12(2)21-17/h4-8,10-11H,9H2,1-3H3,(H,20,21,22). The molecule has 1 atom stereocenters. The number of anilines is 1. The Balaban J connectivity index is 1.51. The highest BCUT2D eigenvalue weighted by Crippen LogP contribution is 2.21. The van der Waals surface area contributed by atoms with Crippen molar-refractivity contribution in [3.8, 4) is 11.4 Å². The summed E-state index contributed by atoms with van der Waals surface area (Å²) in [5, 5.41) is 12.6. The number of hydrogen-bond donors (Lipinski definition) is 1. The Kier molecular flexibility index (Phi) is 4.08. The lowest BCUT2D eigenvalue weighted by Gasteiger charge is -2.13. The van der Waals surface area contributed by atoms with Crippen LogP contribution in [0.1, 0.15) is 18.6 Å². The minimum absolute atomic E-state index is 0.0526. The Labute approximate surface area is 150 Å². The molecule has 4 aromatic rings. The highest BCUT2D eigenvalue weighted by atomic mass is 16.5. The van der Waals surface area contributed by atoms with Crippen LogP contribution >= 0.6 is 0 Å². The van der Waals surface area contributed by atoms with Crippen LogP contribution in [0.3, 0.4) is 0 Å². The molecule has 0 saturated carbocycles. The molecule has 0 fully saturated rings. The second-order valence-electron chi connectivity index (χ2n) is 6.25. The maximum absolute atomic E-state index is 5.39. The first-order valence-electron chi connectivity index (χ1n) is 8.41. The zero-order chi connectivity index (χ0) is 18.1. The van der Waals surface area contributed by atoms with Crippen molar-refractivity contribution in [1.29, 1.82) is 0 Å². The van der Waals surface area contributed by atoms with Crippen LogP contribution in [0.15, 0.2) is 41.1 Å². The maximum Gasteiger partial charge on any atom is 0.229 e. The van der Waals surface area contributed by atoms with Crippen molar-refractivity contribution in [2.75, 3.05) is 5.32 Å². The van der Waals surface area contributed by atoms with Gasteiger partial charge in [-0.3, -0.25) is 4.68 Å². The maximum atomic E-state index is 5.39. The van der Waals surface area contributed by atoms with Crippen LogP contribution < -0.4 is 5.32 Å². The molecule has 0 spiro atoms. The van der Waals surface area contributed by atoms with Crippen molar-refractivity contribution in [3.63, 3.8) is 0 Å². The van der Waals surface area contributed by atoms with Gasteiger partial charge >= 0.3 is 0 Å². The molecule has 4 rings (SSSR count). The summed E-state index contributed by atoms with van der Waals surface area (Å²) >= 11 is 0. The number of fused-ring (bicyclic) bond motifs is 1. The Bertz CT molecular complexity index is 1040. The van der Waals surface area contributed by atoms with Crippen LogP contribution in [-0.2, 0) is 13.5 Å². The highest BCUT2D eigenvalue weighted by Gasteiger charge is 2.15. The highest BCUT2D eigenvalue weighted by molar-refractivity contribution is 5.86. The van der Waals surface area contributed by atoms with Crippen molar-refractivity contribution in [1.82, 2.24) is 29.9 Å². The van der Waals surface area contributed by atoms with E-state index in [0.29, 0.717) is 24.0 Å². The van der Waals surface area contributed by atoms with Crippen LogP contribution in [0.25, 0.3) is 22.4 Å². The molecule has 0 aliphatic carbocycles. The van der Waals surface area contributed by atoms with E-state index in [1.807, 2.05) is 51.2 Å². The smallest absolute Gasteiger partial charge is 0.229 e. The van der Waals surface area contributed by atoms with E-state index in [-0.39, 0.29) is 6.04 Å². The predicted octanol–water partition coefficient (Wildman–Crippen LogP) is 2.76. The van der Waals surface area contributed by atoms with E-state index in [1.165, 1.54) is 0 Å². The molecule has 8 heteroatoms. The van der Waals surface area contributed by atoms with Crippen LogP contribution in [0.5, 0.6) is 0 Å². The van der Waals surface area contributed by atoms with E-state index in [4.69, 9.17) is 4.52 Å². The minimum Gasteiger partial charge on any atom is -0.366 e. The number of nitrogens with zero attached hydrogens (tertiary/aromatic N) is 6. The lowest BCUT2D eigenvalue weighted by molar-refractivity contribution is 0.374. The van der Waals surface area contributed by atoms with Gasteiger partial charge in [-0.2, -0.15) is 10.1 Å². The van der Waals surface area contributed by atoms with Crippen LogP contribution in [0, 0.1) is 6.92 Å². The summed E-state index contributed by atoms with van der Waals surface area (Å²) in [5.74, 6) is 2.63. The van der Waals surface area contributed by atoms with Gasteiger partial charge in [0.05, 0.1) is 11.6 Å².